The summed E-state index contributed by atoms with van der Waals surface area (Å²) in [6.45, 7) is 0. The Balaban J connectivity index is 1.63. The van der Waals surface area contributed by atoms with Crippen LogP contribution in [0.1, 0.15) is 10.4 Å². The standard InChI is InChI=1S/C19H12FN3OS/c20-15-8-2-1-7-14(15)17(24)22-13-6-3-5-12(11-13)18-23-16-9-4-10-21-19(16)25-18/h1-11H,(H,22,24). The number of nitrogens with zero attached hydrogens (tertiary/aromatic N) is 2. The van der Waals surface area contributed by atoms with Crippen LogP contribution in [0.15, 0.2) is 66.9 Å². The molecule has 2 heterocycles. The van der Waals surface area contributed by atoms with E-state index in [4.69, 9.17) is 0 Å². The van der Waals surface area contributed by atoms with Gasteiger partial charge in [0.15, 0.2) is 0 Å². The quantitative estimate of drug-likeness (QED) is 0.581. The first kappa shape index (κ1) is 15.4. The van der Waals surface area contributed by atoms with Crippen LogP contribution in [-0.2, 0) is 0 Å². The number of amides is 1. The number of nitrogens with one attached hydrogen (secondary N) is 1. The maximum Gasteiger partial charge on any atom is 0.258 e. The smallest absolute Gasteiger partial charge is 0.258 e. The fourth-order valence-corrected chi connectivity index (χ4v) is 3.37. The van der Waals surface area contributed by atoms with Gasteiger partial charge in [0.25, 0.3) is 5.91 Å². The Bertz CT molecular complexity index is 1040. The highest BCUT2D eigenvalue weighted by Gasteiger charge is 2.12. The normalized spacial score (nSPS) is 10.8. The zero-order valence-electron chi connectivity index (χ0n) is 12.9. The van der Waals surface area contributed by atoms with Gasteiger partial charge < -0.3 is 5.32 Å². The summed E-state index contributed by atoms with van der Waals surface area (Å²) < 4.78 is 13.7. The van der Waals surface area contributed by atoms with Crippen LogP contribution in [0, 0.1) is 5.82 Å². The number of pyridine rings is 1. The van der Waals surface area contributed by atoms with Gasteiger partial charge in [-0.25, -0.2) is 14.4 Å². The molecule has 4 rings (SSSR count). The number of hydrogen-bond acceptors (Lipinski definition) is 4. The molecule has 2 aromatic carbocycles. The third kappa shape index (κ3) is 3.12. The van der Waals surface area contributed by atoms with E-state index in [1.54, 1.807) is 24.4 Å². The molecule has 0 fully saturated rings. The minimum Gasteiger partial charge on any atom is -0.322 e. The Labute approximate surface area is 147 Å². The van der Waals surface area contributed by atoms with E-state index >= 15 is 0 Å². The summed E-state index contributed by atoms with van der Waals surface area (Å²) >= 11 is 1.48. The first-order valence-corrected chi connectivity index (χ1v) is 8.40. The van der Waals surface area contributed by atoms with Crippen LogP contribution in [0.5, 0.6) is 0 Å². The molecule has 0 bridgehead atoms. The van der Waals surface area contributed by atoms with Crippen LogP contribution >= 0.6 is 11.3 Å². The molecule has 0 aliphatic rings. The highest BCUT2D eigenvalue weighted by atomic mass is 32.1. The van der Waals surface area contributed by atoms with Gasteiger partial charge in [-0.15, -0.1) is 0 Å². The molecule has 0 aliphatic carbocycles. The van der Waals surface area contributed by atoms with E-state index < -0.39 is 11.7 Å². The topological polar surface area (TPSA) is 54.9 Å². The second kappa shape index (κ2) is 6.41. The molecule has 1 N–H and O–H groups in total. The van der Waals surface area contributed by atoms with E-state index in [2.05, 4.69) is 15.3 Å². The minimum absolute atomic E-state index is 0.0112. The number of anilines is 1. The summed E-state index contributed by atoms with van der Waals surface area (Å²) in [6, 6.07) is 17.0. The van der Waals surface area contributed by atoms with Gasteiger partial charge in [0.05, 0.1) is 5.56 Å². The number of fused-ring (bicyclic) bond motifs is 1. The fraction of sp³-hybridized carbons (Fsp3) is 0. The average molecular weight is 349 g/mol. The number of hydrogen-bond donors (Lipinski definition) is 1. The number of carbonyl (C=O) groups excluding carboxylic acids is 1. The van der Waals surface area contributed by atoms with Crippen molar-refractivity contribution in [3.05, 3.63) is 78.2 Å². The van der Waals surface area contributed by atoms with Crippen molar-refractivity contribution in [3.8, 4) is 10.6 Å². The fourth-order valence-electron chi connectivity index (χ4n) is 2.47. The number of aromatic nitrogens is 2. The van der Waals surface area contributed by atoms with Crippen LogP contribution < -0.4 is 5.32 Å². The van der Waals surface area contributed by atoms with Gasteiger partial charge in [0, 0.05) is 17.4 Å². The molecule has 25 heavy (non-hydrogen) atoms. The summed E-state index contributed by atoms with van der Waals surface area (Å²) in [5.41, 5.74) is 2.30. The molecule has 4 aromatic rings. The van der Waals surface area contributed by atoms with Gasteiger partial charge in [0.1, 0.15) is 21.2 Å². The molecular formula is C19H12FN3OS. The van der Waals surface area contributed by atoms with Crippen molar-refractivity contribution >= 4 is 33.3 Å². The van der Waals surface area contributed by atoms with Crippen molar-refractivity contribution in [2.45, 2.75) is 0 Å². The summed E-state index contributed by atoms with van der Waals surface area (Å²) in [5.74, 6) is -1.03. The lowest BCUT2D eigenvalue weighted by Crippen LogP contribution is -2.13. The largest absolute Gasteiger partial charge is 0.322 e. The van der Waals surface area contributed by atoms with Gasteiger partial charge in [0.2, 0.25) is 0 Å². The second-order valence-corrected chi connectivity index (χ2v) is 6.34. The van der Waals surface area contributed by atoms with Crippen molar-refractivity contribution in [1.82, 2.24) is 9.97 Å². The predicted molar refractivity (Wildman–Crippen MR) is 97.2 cm³/mol. The summed E-state index contributed by atoms with van der Waals surface area (Å²) in [6.07, 6.45) is 1.73. The van der Waals surface area contributed by atoms with E-state index in [9.17, 15) is 9.18 Å². The summed E-state index contributed by atoms with van der Waals surface area (Å²) in [4.78, 5) is 22.0. The third-order valence-electron chi connectivity index (χ3n) is 3.65. The number of rotatable bonds is 3. The van der Waals surface area contributed by atoms with Crippen LogP contribution in [0.2, 0.25) is 0 Å². The first-order valence-electron chi connectivity index (χ1n) is 7.58. The van der Waals surface area contributed by atoms with Crippen molar-refractivity contribution < 1.29 is 9.18 Å². The Kier molecular flexibility index (Phi) is 3.95. The number of halogens is 1. The maximum atomic E-state index is 13.7. The van der Waals surface area contributed by atoms with E-state index in [1.807, 2.05) is 30.3 Å². The maximum absolute atomic E-state index is 13.7. The molecule has 1 amide bonds. The molecular weight excluding hydrogens is 337 g/mol. The zero-order valence-corrected chi connectivity index (χ0v) is 13.8. The first-order chi connectivity index (χ1) is 12.2. The Morgan fingerprint density at radius 1 is 1.04 bits per heavy atom. The third-order valence-corrected chi connectivity index (χ3v) is 4.68. The zero-order chi connectivity index (χ0) is 17.2. The number of carbonyl (C=O) groups is 1. The van der Waals surface area contributed by atoms with Gasteiger partial charge in [-0.3, -0.25) is 4.79 Å². The molecule has 0 spiro atoms. The summed E-state index contributed by atoms with van der Waals surface area (Å²) in [5, 5.41) is 3.54. The molecule has 0 saturated heterocycles. The molecule has 2 aromatic heterocycles. The van der Waals surface area contributed by atoms with Gasteiger partial charge >= 0.3 is 0 Å². The molecule has 0 unspecified atom stereocenters. The second-order valence-electron chi connectivity index (χ2n) is 5.36. The highest BCUT2D eigenvalue weighted by molar-refractivity contribution is 7.21. The highest BCUT2D eigenvalue weighted by Crippen LogP contribution is 2.30. The van der Waals surface area contributed by atoms with Crippen LogP contribution in [0.25, 0.3) is 20.9 Å². The molecule has 0 radical (unpaired) electrons. The SMILES string of the molecule is O=C(Nc1cccc(-c2nc3cccnc3s2)c1)c1ccccc1F. The lowest BCUT2D eigenvalue weighted by molar-refractivity contribution is 0.102. The van der Waals surface area contributed by atoms with Crippen LogP contribution in [-0.4, -0.2) is 15.9 Å². The molecule has 0 aliphatic heterocycles. The van der Waals surface area contributed by atoms with E-state index in [1.165, 1.54) is 23.5 Å². The molecule has 0 saturated carbocycles. The van der Waals surface area contributed by atoms with Crippen molar-refractivity contribution in [2.24, 2.45) is 0 Å². The Morgan fingerprint density at radius 3 is 2.76 bits per heavy atom. The number of benzene rings is 2. The lowest BCUT2D eigenvalue weighted by Gasteiger charge is -2.07. The van der Waals surface area contributed by atoms with Crippen molar-refractivity contribution in [3.63, 3.8) is 0 Å². The van der Waals surface area contributed by atoms with Gasteiger partial charge in [-0.1, -0.05) is 35.6 Å². The van der Waals surface area contributed by atoms with E-state index in [0.29, 0.717) is 5.69 Å². The van der Waals surface area contributed by atoms with Crippen molar-refractivity contribution in [1.29, 1.82) is 0 Å². The minimum atomic E-state index is -0.548. The molecule has 6 heteroatoms. The molecule has 122 valence electrons. The van der Waals surface area contributed by atoms with E-state index in [0.717, 1.165) is 20.9 Å². The molecule has 0 atom stereocenters. The number of thiazole rings is 1. The van der Waals surface area contributed by atoms with Gasteiger partial charge in [-0.2, -0.15) is 0 Å². The lowest BCUT2D eigenvalue weighted by atomic mass is 10.1. The monoisotopic (exact) mass is 349 g/mol. The van der Waals surface area contributed by atoms with Crippen LogP contribution in [0.4, 0.5) is 10.1 Å². The average Bonchev–Trinajstić information content (AvgIpc) is 3.06. The molecule has 4 nitrogen and oxygen atoms in total. The Morgan fingerprint density at radius 2 is 1.92 bits per heavy atom. The Hall–Kier alpha value is -3.12. The summed E-state index contributed by atoms with van der Waals surface area (Å²) in [7, 11) is 0. The van der Waals surface area contributed by atoms with Crippen molar-refractivity contribution in [2.75, 3.05) is 5.32 Å². The van der Waals surface area contributed by atoms with E-state index in [-0.39, 0.29) is 5.56 Å². The van der Waals surface area contributed by atoms with Crippen LogP contribution in [0.3, 0.4) is 0 Å². The van der Waals surface area contributed by atoms with Gasteiger partial charge in [-0.05, 0) is 36.4 Å². The predicted octanol–water partition coefficient (Wildman–Crippen LogP) is 4.75.